The van der Waals surface area contributed by atoms with Gasteiger partial charge in [-0.1, -0.05) is 11.8 Å². The Morgan fingerprint density at radius 1 is 1.50 bits per heavy atom. The van der Waals surface area contributed by atoms with Crippen LogP contribution in [-0.4, -0.2) is 17.6 Å². The molecule has 5 heteroatoms. The molecule has 0 heterocycles. The number of hydrogen-bond donors (Lipinski definition) is 3. The molecule has 0 saturated heterocycles. The number of carboxylic acid groups (broad SMARTS) is 1. The van der Waals surface area contributed by atoms with E-state index in [1.807, 2.05) is 0 Å². The summed E-state index contributed by atoms with van der Waals surface area (Å²) >= 11 is 0. The fourth-order valence-corrected chi connectivity index (χ4v) is 1.10. The van der Waals surface area contributed by atoms with E-state index in [0.717, 1.165) is 12.1 Å². The molecule has 0 atom stereocenters. The predicted molar refractivity (Wildman–Crippen MR) is 58.3 cm³/mol. The van der Waals surface area contributed by atoms with Gasteiger partial charge in [0, 0.05) is 18.7 Å². The number of aromatic carboxylic acids is 1. The number of anilines is 1. The Labute approximate surface area is 92.1 Å². The first-order valence-electron chi connectivity index (χ1n) is 4.57. The minimum Gasteiger partial charge on any atom is -0.478 e. The highest BCUT2D eigenvalue weighted by Crippen LogP contribution is 2.17. The second kappa shape index (κ2) is 5.14. The van der Waals surface area contributed by atoms with Crippen molar-refractivity contribution in [2.75, 3.05) is 12.3 Å². The Morgan fingerprint density at radius 2 is 2.19 bits per heavy atom. The molecule has 16 heavy (non-hydrogen) atoms. The minimum atomic E-state index is -1.21. The smallest absolute Gasteiger partial charge is 0.337 e. The van der Waals surface area contributed by atoms with E-state index in [1.54, 1.807) is 0 Å². The summed E-state index contributed by atoms with van der Waals surface area (Å²) in [5.74, 6) is 3.30. The van der Waals surface area contributed by atoms with Gasteiger partial charge in [-0.25, -0.2) is 9.18 Å². The average Bonchev–Trinajstić information content (AvgIpc) is 2.21. The van der Waals surface area contributed by atoms with Gasteiger partial charge in [0.15, 0.2) is 0 Å². The van der Waals surface area contributed by atoms with E-state index < -0.39 is 11.8 Å². The molecule has 0 radical (unpaired) electrons. The standard InChI is InChI=1S/C11H11FN2O2/c12-9-6-10(14)8(11(15)16)5-7(9)3-1-2-4-13/h5-6H,2,4,13-14H2,(H,15,16). The van der Waals surface area contributed by atoms with E-state index in [1.165, 1.54) is 0 Å². The zero-order valence-corrected chi connectivity index (χ0v) is 8.46. The molecule has 0 amide bonds. The molecular weight excluding hydrogens is 211 g/mol. The van der Waals surface area contributed by atoms with Gasteiger partial charge in [0.05, 0.1) is 11.1 Å². The lowest BCUT2D eigenvalue weighted by atomic mass is 10.1. The number of hydrogen-bond acceptors (Lipinski definition) is 3. The number of carboxylic acids is 1. The van der Waals surface area contributed by atoms with E-state index >= 15 is 0 Å². The first kappa shape index (κ1) is 12.0. The average molecular weight is 222 g/mol. The van der Waals surface area contributed by atoms with Crippen LogP contribution in [0.4, 0.5) is 10.1 Å². The van der Waals surface area contributed by atoms with Crippen molar-refractivity contribution in [2.45, 2.75) is 6.42 Å². The highest BCUT2D eigenvalue weighted by Gasteiger charge is 2.11. The van der Waals surface area contributed by atoms with Gasteiger partial charge >= 0.3 is 5.97 Å². The third-order valence-electron chi connectivity index (χ3n) is 1.86. The minimum absolute atomic E-state index is 0.0139. The van der Waals surface area contributed by atoms with Crippen LogP contribution in [0.3, 0.4) is 0 Å². The second-order valence-corrected chi connectivity index (χ2v) is 3.06. The first-order valence-corrected chi connectivity index (χ1v) is 4.57. The van der Waals surface area contributed by atoms with Crippen molar-refractivity contribution >= 4 is 11.7 Å². The molecule has 4 nitrogen and oxygen atoms in total. The van der Waals surface area contributed by atoms with Crippen molar-refractivity contribution in [3.63, 3.8) is 0 Å². The van der Waals surface area contributed by atoms with Crippen molar-refractivity contribution < 1.29 is 14.3 Å². The third kappa shape index (κ3) is 2.72. The summed E-state index contributed by atoms with van der Waals surface area (Å²) in [4.78, 5) is 10.7. The van der Waals surface area contributed by atoms with Crippen molar-refractivity contribution in [3.8, 4) is 11.8 Å². The van der Waals surface area contributed by atoms with Crippen LogP contribution in [0.2, 0.25) is 0 Å². The number of halogens is 1. The molecule has 5 N–H and O–H groups in total. The van der Waals surface area contributed by atoms with E-state index in [2.05, 4.69) is 11.8 Å². The van der Waals surface area contributed by atoms with Gasteiger partial charge in [0.25, 0.3) is 0 Å². The summed E-state index contributed by atoms with van der Waals surface area (Å²) in [6, 6.07) is 2.08. The Bertz CT molecular complexity index is 475. The zero-order chi connectivity index (χ0) is 12.1. The molecule has 0 unspecified atom stereocenters. The Hall–Kier alpha value is -2.06. The van der Waals surface area contributed by atoms with Crippen molar-refractivity contribution in [2.24, 2.45) is 5.73 Å². The molecule has 0 bridgehead atoms. The Balaban J connectivity index is 3.16. The molecule has 1 rings (SSSR count). The van der Waals surface area contributed by atoms with Gasteiger partial charge in [-0.3, -0.25) is 0 Å². The highest BCUT2D eigenvalue weighted by atomic mass is 19.1. The van der Waals surface area contributed by atoms with Crippen LogP contribution >= 0.6 is 0 Å². The van der Waals surface area contributed by atoms with Crippen molar-refractivity contribution in [1.82, 2.24) is 0 Å². The lowest BCUT2D eigenvalue weighted by Crippen LogP contribution is -2.04. The van der Waals surface area contributed by atoms with Gasteiger partial charge in [-0.15, -0.1) is 0 Å². The number of nitrogens with two attached hydrogens (primary N) is 2. The van der Waals surface area contributed by atoms with Crippen molar-refractivity contribution in [1.29, 1.82) is 0 Å². The summed E-state index contributed by atoms with van der Waals surface area (Å²) in [5, 5.41) is 8.78. The van der Waals surface area contributed by atoms with Gasteiger partial charge in [-0.2, -0.15) is 0 Å². The molecule has 0 aromatic heterocycles. The summed E-state index contributed by atoms with van der Waals surface area (Å²) in [6.45, 7) is 0.370. The van der Waals surface area contributed by atoms with E-state index in [-0.39, 0.29) is 16.8 Å². The van der Waals surface area contributed by atoms with E-state index in [4.69, 9.17) is 16.6 Å². The lowest BCUT2D eigenvalue weighted by molar-refractivity contribution is 0.0698. The van der Waals surface area contributed by atoms with Gasteiger partial charge in [0.2, 0.25) is 0 Å². The molecule has 1 aromatic rings. The summed E-state index contributed by atoms with van der Waals surface area (Å²) < 4.78 is 13.3. The van der Waals surface area contributed by atoms with Gasteiger partial charge in [-0.05, 0) is 12.1 Å². The molecule has 0 aliphatic carbocycles. The second-order valence-electron chi connectivity index (χ2n) is 3.06. The van der Waals surface area contributed by atoms with Crippen LogP contribution in [0, 0.1) is 17.7 Å². The van der Waals surface area contributed by atoms with Gasteiger partial charge in [0.1, 0.15) is 5.82 Å². The molecule has 0 aliphatic heterocycles. The normalized spacial score (nSPS) is 9.38. The maximum absolute atomic E-state index is 13.3. The maximum atomic E-state index is 13.3. The van der Waals surface area contributed by atoms with Gasteiger partial charge < -0.3 is 16.6 Å². The number of rotatable bonds is 2. The van der Waals surface area contributed by atoms with E-state index in [0.29, 0.717) is 13.0 Å². The van der Waals surface area contributed by atoms with Crippen LogP contribution in [0.1, 0.15) is 22.3 Å². The topological polar surface area (TPSA) is 89.3 Å². The monoisotopic (exact) mass is 222 g/mol. The summed E-state index contributed by atoms with van der Waals surface area (Å²) in [5.41, 5.74) is 10.3. The van der Waals surface area contributed by atoms with Crippen LogP contribution in [-0.2, 0) is 0 Å². The van der Waals surface area contributed by atoms with Crippen LogP contribution in [0.25, 0.3) is 0 Å². The predicted octanol–water partition coefficient (Wildman–Crippen LogP) is 0.806. The molecule has 0 saturated carbocycles. The van der Waals surface area contributed by atoms with Crippen LogP contribution in [0.15, 0.2) is 12.1 Å². The molecule has 84 valence electrons. The maximum Gasteiger partial charge on any atom is 0.337 e. The lowest BCUT2D eigenvalue weighted by Gasteiger charge is -2.02. The van der Waals surface area contributed by atoms with Crippen molar-refractivity contribution in [3.05, 3.63) is 29.1 Å². The Morgan fingerprint density at radius 3 is 2.75 bits per heavy atom. The molecule has 0 spiro atoms. The quantitative estimate of drug-likeness (QED) is 0.510. The third-order valence-corrected chi connectivity index (χ3v) is 1.86. The number of benzene rings is 1. The molecule has 1 aromatic carbocycles. The molecule has 0 aliphatic rings. The SMILES string of the molecule is NCCC#Cc1cc(C(=O)O)c(N)cc1F. The summed E-state index contributed by atoms with van der Waals surface area (Å²) in [6.07, 6.45) is 0.423. The first-order chi connectivity index (χ1) is 7.56. The highest BCUT2D eigenvalue weighted by molar-refractivity contribution is 5.94. The van der Waals surface area contributed by atoms with E-state index in [9.17, 15) is 9.18 Å². The van der Waals surface area contributed by atoms with Crippen LogP contribution < -0.4 is 11.5 Å². The zero-order valence-electron chi connectivity index (χ0n) is 8.46. The fourth-order valence-electron chi connectivity index (χ4n) is 1.10. The number of nitrogen functional groups attached to an aromatic ring is 1. The molecule has 0 fully saturated rings. The molecular formula is C11H11FN2O2. The fraction of sp³-hybridized carbons (Fsp3) is 0.182. The summed E-state index contributed by atoms with van der Waals surface area (Å²) in [7, 11) is 0. The Kier molecular flexibility index (Phi) is 3.86. The largest absolute Gasteiger partial charge is 0.478 e. The number of carbonyl (C=O) groups is 1. The van der Waals surface area contributed by atoms with Crippen LogP contribution in [0.5, 0.6) is 0 Å².